The van der Waals surface area contributed by atoms with Crippen molar-refractivity contribution in [3.05, 3.63) is 17.5 Å². The Labute approximate surface area is 74.0 Å². The third-order valence-corrected chi connectivity index (χ3v) is 1.90. The Morgan fingerprint density at radius 3 is 2.25 bits per heavy atom. The molecule has 1 heterocycles. The van der Waals surface area contributed by atoms with Gasteiger partial charge in [0.05, 0.1) is 6.20 Å². The molecule has 1 rings (SSSR count). The Hall–Kier alpha value is -0.790. The molecule has 0 saturated carbocycles. The van der Waals surface area contributed by atoms with E-state index in [0.717, 1.165) is 5.76 Å². The van der Waals surface area contributed by atoms with Gasteiger partial charge in [-0.3, -0.25) is 0 Å². The monoisotopic (exact) mass is 167 g/mol. The predicted octanol–water partition coefficient (Wildman–Crippen LogP) is 3.10. The summed E-state index contributed by atoms with van der Waals surface area (Å²) in [5, 5.41) is 3.83. The van der Waals surface area contributed by atoms with Crippen LogP contribution in [-0.4, -0.2) is 5.16 Å². The first-order valence-corrected chi connectivity index (χ1v) is 4.38. The van der Waals surface area contributed by atoms with Crippen molar-refractivity contribution in [2.45, 2.75) is 46.0 Å². The minimum absolute atomic E-state index is 0.0656. The van der Waals surface area contributed by atoms with E-state index in [2.05, 4.69) is 39.8 Å². The second-order valence-electron chi connectivity index (χ2n) is 4.51. The summed E-state index contributed by atoms with van der Waals surface area (Å²) in [4.78, 5) is 0. The second kappa shape index (κ2) is 2.92. The summed E-state index contributed by atoms with van der Waals surface area (Å²) in [5.41, 5.74) is 1.29. The largest absolute Gasteiger partial charge is 0.361 e. The highest BCUT2D eigenvalue weighted by Crippen LogP contribution is 2.29. The van der Waals surface area contributed by atoms with Crippen LogP contribution in [0.1, 0.15) is 51.9 Å². The van der Waals surface area contributed by atoms with Gasteiger partial charge in [0.15, 0.2) is 0 Å². The molecule has 0 saturated heterocycles. The molecule has 0 aliphatic heterocycles. The Balaban J connectivity index is 3.08. The van der Waals surface area contributed by atoms with Crippen molar-refractivity contribution in [3.63, 3.8) is 0 Å². The number of hydrogen-bond donors (Lipinski definition) is 0. The average molecular weight is 167 g/mol. The molecule has 0 aromatic carbocycles. The summed E-state index contributed by atoms with van der Waals surface area (Å²) in [6.07, 6.45) is 1.82. The van der Waals surface area contributed by atoms with Gasteiger partial charge in [-0.15, -0.1) is 0 Å². The van der Waals surface area contributed by atoms with E-state index in [1.807, 2.05) is 6.20 Å². The van der Waals surface area contributed by atoms with Crippen LogP contribution in [0, 0.1) is 0 Å². The van der Waals surface area contributed by atoms with Gasteiger partial charge in [0.2, 0.25) is 0 Å². The first-order valence-electron chi connectivity index (χ1n) is 4.38. The van der Waals surface area contributed by atoms with Gasteiger partial charge in [-0.05, 0) is 5.92 Å². The van der Waals surface area contributed by atoms with Gasteiger partial charge in [0, 0.05) is 11.0 Å². The van der Waals surface area contributed by atoms with E-state index in [-0.39, 0.29) is 5.41 Å². The average Bonchev–Trinajstić information content (AvgIpc) is 2.30. The third kappa shape index (κ3) is 1.68. The molecular weight excluding hydrogens is 150 g/mol. The maximum absolute atomic E-state index is 5.24. The maximum Gasteiger partial charge on any atom is 0.145 e. The van der Waals surface area contributed by atoms with Gasteiger partial charge in [0.25, 0.3) is 0 Å². The lowest BCUT2D eigenvalue weighted by atomic mass is 9.87. The number of nitrogens with zero attached hydrogens (tertiary/aromatic N) is 1. The van der Waals surface area contributed by atoms with Crippen molar-refractivity contribution >= 4 is 0 Å². The Morgan fingerprint density at radius 2 is 1.92 bits per heavy atom. The zero-order valence-electron chi connectivity index (χ0n) is 8.51. The first kappa shape index (κ1) is 9.30. The molecule has 0 bridgehead atoms. The van der Waals surface area contributed by atoms with E-state index in [4.69, 9.17) is 4.52 Å². The van der Waals surface area contributed by atoms with Crippen LogP contribution in [0.25, 0.3) is 0 Å². The van der Waals surface area contributed by atoms with E-state index in [0.29, 0.717) is 5.92 Å². The van der Waals surface area contributed by atoms with Crippen molar-refractivity contribution < 1.29 is 4.52 Å². The molecule has 2 nitrogen and oxygen atoms in total. The van der Waals surface area contributed by atoms with Crippen LogP contribution in [0.3, 0.4) is 0 Å². The van der Waals surface area contributed by atoms with E-state index < -0.39 is 0 Å². The van der Waals surface area contributed by atoms with Crippen molar-refractivity contribution in [2.75, 3.05) is 0 Å². The van der Waals surface area contributed by atoms with E-state index in [1.165, 1.54) is 5.56 Å². The summed E-state index contributed by atoms with van der Waals surface area (Å²) in [5.74, 6) is 1.50. The molecule has 0 atom stereocenters. The zero-order chi connectivity index (χ0) is 9.35. The summed E-state index contributed by atoms with van der Waals surface area (Å²) < 4.78 is 5.24. The quantitative estimate of drug-likeness (QED) is 0.642. The fourth-order valence-electron chi connectivity index (χ4n) is 1.23. The molecule has 12 heavy (non-hydrogen) atoms. The highest BCUT2D eigenvalue weighted by Gasteiger charge is 2.23. The van der Waals surface area contributed by atoms with Gasteiger partial charge in [-0.1, -0.05) is 39.8 Å². The molecule has 0 aliphatic carbocycles. The highest BCUT2D eigenvalue weighted by atomic mass is 16.5. The third-order valence-electron chi connectivity index (χ3n) is 1.90. The fraction of sp³-hybridized carbons (Fsp3) is 0.700. The van der Waals surface area contributed by atoms with Gasteiger partial charge in [0.1, 0.15) is 5.76 Å². The van der Waals surface area contributed by atoms with Crippen LogP contribution in [0.2, 0.25) is 0 Å². The lowest BCUT2D eigenvalue weighted by molar-refractivity contribution is 0.326. The molecule has 1 aromatic heterocycles. The van der Waals surface area contributed by atoms with Crippen molar-refractivity contribution in [1.82, 2.24) is 5.16 Å². The molecule has 0 unspecified atom stereocenters. The SMILES string of the molecule is CC(C)c1cnoc1C(C)(C)C. The minimum atomic E-state index is 0.0656. The Kier molecular flexibility index (Phi) is 2.27. The maximum atomic E-state index is 5.24. The van der Waals surface area contributed by atoms with Gasteiger partial charge in [-0.25, -0.2) is 0 Å². The molecule has 0 aliphatic rings. The molecule has 0 N–H and O–H groups in total. The zero-order valence-corrected chi connectivity index (χ0v) is 8.51. The molecule has 2 heteroatoms. The van der Waals surface area contributed by atoms with E-state index in [1.54, 1.807) is 0 Å². The van der Waals surface area contributed by atoms with Crippen molar-refractivity contribution in [2.24, 2.45) is 0 Å². The van der Waals surface area contributed by atoms with Crippen LogP contribution in [0.4, 0.5) is 0 Å². The summed E-state index contributed by atoms with van der Waals surface area (Å²) >= 11 is 0. The molecule has 68 valence electrons. The van der Waals surface area contributed by atoms with Crippen LogP contribution in [-0.2, 0) is 5.41 Å². The van der Waals surface area contributed by atoms with Crippen LogP contribution in [0.15, 0.2) is 10.7 Å². The predicted molar refractivity (Wildman–Crippen MR) is 49.3 cm³/mol. The summed E-state index contributed by atoms with van der Waals surface area (Å²) in [6.45, 7) is 10.7. The topological polar surface area (TPSA) is 26.0 Å². The standard InChI is InChI=1S/C10H17NO/c1-7(2)8-6-11-12-9(8)10(3,4)5/h6-7H,1-5H3. The minimum Gasteiger partial charge on any atom is -0.361 e. The lowest BCUT2D eigenvalue weighted by Crippen LogP contribution is -2.12. The number of aromatic nitrogens is 1. The number of hydrogen-bond acceptors (Lipinski definition) is 2. The van der Waals surface area contributed by atoms with Crippen LogP contribution in [0.5, 0.6) is 0 Å². The smallest absolute Gasteiger partial charge is 0.145 e. The van der Waals surface area contributed by atoms with Crippen molar-refractivity contribution in [1.29, 1.82) is 0 Å². The van der Waals surface area contributed by atoms with E-state index in [9.17, 15) is 0 Å². The molecule has 0 fully saturated rings. The lowest BCUT2D eigenvalue weighted by Gasteiger charge is -2.17. The van der Waals surface area contributed by atoms with Crippen LogP contribution >= 0.6 is 0 Å². The Morgan fingerprint density at radius 1 is 1.33 bits per heavy atom. The van der Waals surface area contributed by atoms with Crippen molar-refractivity contribution in [3.8, 4) is 0 Å². The molecule has 0 radical (unpaired) electrons. The highest BCUT2D eigenvalue weighted by molar-refractivity contribution is 5.23. The normalized spacial score (nSPS) is 12.5. The number of rotatable bonds is 1. The second-order valence-corrected chi connectivity index (χ2v) is 4.51. The molecule has 0 spiro atoms. The van der Waals surface area contributed by atoms with E-state index >= 15 is 0 Å². The Bertz CT molecular complexity index is 255. The molecular formula is C10H17NO. The molecule has 1 aromatic rings. The summed E-state index contributed by atoms with van der Waals surface area (Å²) in [7, 11) is 0. The van der Waals surface area contributed by atoms with Gasteiger partial charge >= 0.3 is 0 Å². The van der Waals surface area contributed by atoms with Gasteiger partial charge in [-0.2, -0.15) is 0 Å². The molecule has 0 amide bonds. The van der Waals surface area contributed by atoms with Crippen LogP contribution < -0.4 is 0 Å². The fourth-order valence-corrected chi connectivity index (χ4v) is 1.23. The van der Waals surface area contributed by atoms with Gasteiger partial charge < -0.3 is 4.52 Å². The first-order chi connectivity index (χ1) is 5.43. The summed E-state index contributed by atoms with van der Waals surface area (Å²) in [6, 6.07) is 0.